The molecule has 3 rings (SSSR count). The SMILES string of the molecule is Cc1ccc(Cc2nn3c(CC(=O)NC(C)C)csc3nc2=O)cc1. The molecule has 0 bridgehead atoms. The van der Waals surface area contributed by atoms with E-state index < -0.39 is 0 Å². The van der Waals surface area contributed by atoms with Gasteiger partial charge in [-0.3, -0.25) is 9.59 Å². The maximum Gasteiger partial charge on any atom is 0.296 e. The van der Waals surface area contributed by atoms with Crippen LogP contribution in [0.15, 0.2) is 34.4 Å². The highest BCUT2D eigenvalue weighted by atomic mass is 32.1. The van der Waals surface area contributed by atoms with Crippen LogP contribution in [0.1, 0.15) is 36.4 Å². The molecule has 130 valence electrons. The predicted octanol–water partition coefficient (Wildman–Crippen LogP) is 2.12. The quantitative estimate of drug-likeness (QED) is 0.760. The smallest absolute Gasteiger partial charge is 0.296 e. The van der Waals surface area contributed by atoms with E-state index in [-0.39, 0.29) is 23.9 Å². The molecule has 2 aromatic heterocycles. The second-order valence-corrected chi connectivity index (χ2v) is 7.18. The number of rotatable bonds is 5. The Labute approximate surface area is 149 Å². The molecule has 0 saturated carbocycles. The number of fused-ring (bicyclic) bond motifs is 1. The summed E-state index contributed by atoms with van der Waals surface area (Å²) in [5.41, 5.74) is 2.96. The molecule has 1 N–H and O–H groups in total. The van der Waals surface area contributed by atoms with Crippen molar-refractivity contribution < 1.29 is 4.79 Å². The maximum absolute atomic E-state index is 12.2. The number of aryl methyl sites for hydroxylation is 1. The van der Waals surface area contributed by atoms with Crippen molar-refractivity contribution in [2.75, 3.05) is 0 Å². The Balaban J connectivity index is 1.91. The van der Waals surface area contributed by atoms with Crippen molar-refractivity contribution in [1.29, 1.82) is 0 Å². The van der Waals surface area contributed by atoms with Crippen LogP contribution in [0.25, 0.3) is 4.96 Å². The van der Waals surface area contributed by atoms with Gasteiger partial charge >= 0.3 is 0 Å². The van der Waals surface area contributed by atoms with Gasteiger partial charge < -0.3 is 5.32 Å². The summed E-state index contributed by atoms with van der Waals surface area (Å²) in [4.78, 5) is 28.8. The summed E-state index contributed by atoms with van der Waals surface area (Å²) in [5.74, 6) is -0.0738. The van der Waals surface area contributed by atoms with Crippen molar-refractivity contribution in [3.05, 3.63) is 62.5 Å². The second kappa shape index (κ2) is 7.14. The minimum Gasteiger partial charge on any atom is -0.354 e. The van der Waals surface area contributed by atoms with Crippen LogP contribution in [0.5, 0.6) is 0 Å². The average molecular weight is 356 g/mol. The Hall–Kier alpha value is -2.54. The molecule has 0 fully saturated rings. The number of nitrogens with one attached hydrogen (secondary N) is 1. The van der Waals surface area contributed by atoms with Gasteiger partial charge in [0.05, 0.1) is 12.1 Å². The van der Waals surface area contributed by atoms with Crippen LogP contribution in [-0.4, -0.2) is 26.5 Å². The standard InChI is InChI=1S/C18H20N4O2S/c1-11(2)19-16(23)9-14-10-25-18-20-17(24)15(21-22(14)18)8-13-6-4-12(3)5-7-13/h4-7,10-11H,8-9H2,1-3H3,(H,19,23). The topological polar surface area (TPSA) is 76.4 Å². The molecule has 25 heavy (non-hydrogen) atoms. The minimum atomic E-state index is -0.319. The molecule has 1 aromatic carbocycles. The molecule has 6 nitrogen and oxygen atoms in total. The lowest BCUT2D eigenvalue weighted by Gasteiger charge is -2.08. The van der Waals surface area contributed by atoms with Gasteiger partial charge in [0.25, 0.3) is 5.56 Å². The third-order valence-corrected chi connectivity index (χ3v) is 4.57. The van der Waals surface area contributed by atoms with E-state index in [1.165, 1.54) is 16.9 Å². The van der Waals surface area contributed by atoms with Crippen LogP contribution in [0.3, 0.4) is 0 Å². The molecule has 0 radical (unpaired) electrons. The number of hydrogen-bond donors (Lipinski definition) is 1. The highest BCUT2D eigenvalue weighted by Crippen LogP contribution is 2.14. The van der Waals surface area contributed by atoms with E-state index in [9.17, 15) is 9.59 Å². The van der Waals surface area contributed by atoms with Crippen molar-refractivity contribution in [1.82, 2.24) is 19.9 Å². The number of hydrogen-bond acceptors (Lipinski definition) is 5. The molecule has 0 unspecified atom stereocenters. The number of thiazole rings is 1. The van der Waals surface area contributed by atoms with Crippen LogP contribution in [0.2, 0.25) is 0 Å². The molecule has 0 atom stereocenters. The zero-order valence-electron chi connectivity index (χ0n) is 14.4. The summed E-state index contributed by atoms with van der Waals surface area (Å²) in [6.07, 6.45) is 0.627. The number of amides is 1. The third-order valence-electron chi connectivity index (χ3n) is 3.70. The van der Waals surface area contributed by atoms with E-state index >= 15 is 0 Å². The predicted molar refractivity (Wildman–Crippen MR) is 98.1 cm³/mol. The highest BCUT2D eigenvalue weighted by molar-refractivity contribution is 7.15. The third kappa shape index (κ3) is 4.11. The zero-order valence-corrected chi connectivity index (χ0v) is 15.3. The zero-order chi connectivity index (χ0) is 18.0. The van der Waals surface area contributed by atoms with Crippen LogP contribution in [0.4, 0.5) is 0 Å². The van der Waals surface area contributed by atoms with E-state index in [4.69, 9.17) is 0 Å². The molecular formula is C18H20N4O2S. The number of nitrogens with zero attached hydrogens (tertiary/aromatic N) is 3. The molecule has 0 aliphatic heterocycles. The Kier molecular flexibility index (Phi) is 4.94. The first-order chi connectivity index (χ1) is 11.9. The monoisotopic (exact) mass is 356 g/mol. The van der Waals surface area contributed by atoms with Crippen LogP contribution in [-0.2, 0) is 17.6 Å². The van der Waals surface area contributed by atoms with Gasteiger partial charge in [0.1, 0.15) is 5.69 Å². The van der Waals surface area contributed by atoms with E-state index in [1.807, 2.05) is 50.4 Å². The number of aromatic nitrogens is 3. The van der Waals surface area contributed by atoms with E-state index in [1.54, 1.807) is 4.52 Å². The summed E-state index contributed by atoms with van der Waals surface area (Å²) in [6, 6.07) is 8.06. The second-order valence-electron chi connectivity index (χ2n) is 6.35. The van der Waals surface area contributed by atoms with Crippen LogP contribution < -0.4 is 10.9 Å². The maximum atomic E-state index is 12.2. The molecule has 2 heterocycles. The van der Waals surface area contributed by atoms with Crippen molar-refractivity contribution >= 4 is 22.2 Å². The summed E-state index contributed by atoms with van der Waals surface area (Å²) >= 11 is 1.32. The van der Waals surface area contributed by atoms with Crippen LogP contribution >= 0.6 is 11.3 Å². The fourth-order valence-electron chi connectivity index (χ4n) is 2.50. The molecule has 3 aromatic rings. The number of benzene rings is 1. The van der Waals surface area contributed by atoms with Gasteiger partial charge in [-0.15, -0.1) is 11.3 Å². The van der Waals surface area contributed by atoms with Gasteiger partial charge in [-0.25, -0.2) is 4.52 Å². The largest absolute Gasteiger partial charge is 0.354 e. The first-order valence-corrected chi connectivity index (χ1v) is 9.01. The van der Waals surface area contributed by atoms with E-state index in [0.29, 0.717) is 17.1 Å². The lowest BCUT2D eigenvalue weighted by molar-refractivity contribution is -0.121. The fourth-order valence-corrected chi connectivity index (χ4v) is 3.32. The Morgan fingerprint density at radius 3 is 2.68 bits per heavy atom. The van der Waals surface area contributed by atoms with Gasteiger partial charge in [0.2, 0.25) is 10.9 Å². The first-order valence-electron chi connectivity index (χ1n) is 8.13. The van der Waals surface area contributed by atoms with E-state index in [0.717, 1.165) is 11.3 Å². The Morgan fingerprint density at radius 2 is 2.00 bits per heavy atom. The summed E-state index contributed by atoms with van der Waals surface area (Å²) in [6.45, 7) is 5.85. The van der Waals surface area contributed by atoms with Crippen molar-refractivity contribution in [2.24, 2.45) is 0 Å². The summed E-state index contributed by atoms with van der Waals surface area (Å²) in [7, 11) is 0. The average Bonchev–Trinajstić information content (AvgIpc) is 2.91. The summed E-state index contributed by atoms with van der Waals surface area (Å²) in [5, 5.41) is 9.14. The van der Waals surface area contributed by atoms with E-state index in [2.05, 4.69) is 15.4 Å². The van der Waals surface area contributed by atoms with Crippen molar-refractivity contribution in [3.63, 3.8) is 0 Å². The molecule has 7 heteroatoms. The molecule has 0 saturated heterocycles. The Bertz CT molecular complexity index is 957. The molecule has 0 aliphatic rings. The van der Waals surface area contributed by atoms with Gasteiger partial charge in [-0.2, -0.15) is 10.1 Å². The molecule has 0 spiro atoms. The highest BCUT2D eigenvalue weighted by Gasteiger charge is 2.14. The lowest BCUT2D eigenvalue weighted by Crippen LogP contribution is -2.32. The van der Waals surface area contributed by atoms with Crippen molar-refractivity contribution in [3.8, 4) is 0 Å². The summed E-state index contributed by atoms with van der Waals surface area (Å²) < 4.78 is 1.61. The normalized spacial score (nSPS) is 11.2. The van der Waals surface area contributed by atoms with Gasteiger partial charge in [0.15, 0.2) is 0 Å². The minimum absolute atomic E-state index is 0.0738. The van der Waals surface area contributed by atoms with Gasteiger partial charge in [-0.1, -0.05) is 29.8 Å². The first kappa shape index (κ1) is 17.3. The van der Waals surface area contributed by atoms with Crippen LogP contribution in [0, 0.1) is 6.92 Å². The molecule has 1 amide bonds. The number of carbonyl (C=O) groups excluding carboxylic acids is 1. The van der Waals surface area contributed by atoms with Crippen molar-refractivity contribution in [2.45, 2.75) is 39.7 Å². The molecular weight excluding hydrogens is 336 g/mol. The van der Waals surface area contributed by atoms with Gasteiger partial charge in [0, 0.05) is 17.8 Å². The fraction of sp³-hybridized carbons (Fsp3) is 0.333. The lowest BCUT2D eigenvalue weighted by atomic mass is 10.1. The Morgan fingerprint density at radius 1 is 1.28 bits per heavy atom. The van der Waals surface area contributed by atoms with Gasteiger partial charge in [-0.05, 0) is 26.3 Å². The number of carbonyl (C=O) groups is 1. The molecule has 0 aliphatic carbocycles.